The third-order valence-electron chi connectivity index (χ3n) is 14.9. The van der Waals surface area contributed by atoms with Gasteiger partial charge in [-0.25, -0.2) is 57.3 Å². The Morgan fingerprint density at radius 1 is 0.527 bits per heavy atom. The first-order valence-electron chi connectivity index (χ1n) is 31.2. The number of ether oxygens (including phenoxy) is 2. The number of imidazole rings is 2. The molecule has 2 fully saturated rings. The van der Waals surface area contributed by atoms with Crippen molar-refractivity contribution in [1.29, 1.82) is 0 Å². The maximum absolute atomic E-state index is 12.6. The minimum Gasteiger partial charge on any atom is -0.481 e. The number of carbonyl (C=O) groups is 8. The van der Waals surface area contributed by atoms with Crippen molar-refractivity contribution < 1.29 is 181 Å². The van der Waals surface area contributed by atoms with E-state index in [2.05, 4.69) is 68.8 Å². The van der Waals surface area contributed by atoms with Gasteiger partial charge in [-0.2, -0.15) is 8.62 Å². The van der Waals surface area contributed by atoms with Crippen LogP contribution in [0.25, 0.3) is 22.3 Å². The van der Waals surface area contributed by atoms with Crippen molar-refractivity contribution in [2.75, 3.05) is 75.6 Å². The van der Waals surface area contributed by atoms with Gasteiger partial charge in [0.15, 0.2) is 35.4 Å². The molecular formula is C50H80N14O38P6S2. The summed E-state index contributed by atoms with van der Waals surface area (Å²) in [6, 6.07) is 0. The lowest BCUT2D eigenvalue weighted by Crippen LogP contribution is -2.46. The molecule has 620 valence electrons. The third-order valence-corrected chi connectivity index (χ3v) is 23.2. The van der Waals surface area contributed by atoms with E-state index in [-0.39, 0.29) is 84.5 Å². The van der Waals surface area contributed by atoms with Gasteiger partial charge >= 0.3 is 58.9 Å². The molecule has 2 aliphatic rings. The van der Waals surface area contributed by atoms with Gasteiger partial charge in [-0.1, -0.05) is 51.2 Å². The number of thioether (sulfide) groups is 2. The van der Waals surface area contributed by atoms with E-state index in [1.165, 1.54) is 41.5 Å². The van der Waals surface area contributed by atoms with E-state index >= 15 is 0 Å². The molecule has 16 atom stereocenters. The van der Waals surface area contributed by atoms with Crippen molar-refractivity contribution in [3.63, 3.8) is 0 Å². The number of phosphoric acid groups is 6. The first-order chi connectivity index (χ1) is 50.7. The molecule has 52 nitrogen and oxygen atoms in total. The number of amides is 4. The lowest BCUT2D eigenvalue weighted by atomic mass is 9.87. The van der Waals surface area contributed by atoms with Gasteiger partial charge in [0.05, 0.1) is 39.1 Å². The number of nitrogens with two attached hydrogens (primary N) is 2. The van der Waals surface area contributed by atoms with Gasteiger partial charge in [0.25, 0.3) is 0 Å². The molecule has 0 aliphatic carbocycles. The number of carboxylic acids is 2. The Morgan fingerprint density at radius 2 is 0.855 bits per heavy atom. The predicted molar refractivity (Wildman–Crippen MR) is 368 cm³/mol. The molecule has 0 spiro atoms. The second kappa shape index (κ2) is 39.9. The second-order valence-electron chi connectivity index (χ2n) is 24.6. The third kappa shape index (κ3) is 28.9. The van der Waals surface area contributed by atoms with Crippen LogP contribution in [0.1, 0.15) is 66.8 Å². The highest BCUT2D eigenvalue weighted by Crippen LogP contribution is 2.63. The first kappa shape index (κ1) is 94.7. The summed E-state index contributed by atoms with van der Waals surface area (Å²) in [6.07, 6.45) is -14.3. The van der Waals surface area contributed by atoms with Gasteiger partial charge in [0.1, 0.15) is 84.4 Å². The normalized spacial score (nSPS) is 22.3. The lowest BCUT2D eigenvalue weighted by Gasteiger charge is -2.30. The number of anilines is 2. The quantitative estimate of drug-likeness (QED) is 0.0118. The van der Waals surface area contributed by atoms with Gasteiger partial charge in [-0.05, 0) is 13.8 Å². The molecule has 4 amide bonds. The predicted octanol–water partition coefficient (Wildman–Crippen LogP) is -3.23. The van der Waals surface area contributed by atoms with E-state index in [4.69, 9.17) is 49.2 Å². The number of nitrogens with zero attached hydrogens (tertiary/aromatic N) is 8. The summed E-state index contributed by atoms with van der Waals surface area (Å²) < 4.78 is 124. The molecule has 0 aromatic carbocycles. The number of aliphatic hydroxyl groups is 4. The highest BCUT2D eigenvalue weighted by molar-refractivity contribution is 8.14. The van der Waals surface area contributed by atoms with Crippen LogP contribution in [0.4, 0.5) is 11.6 Å². The summed E-state index contributed by atoms with van der Waals surface area (Å²) in [5, 5.41) is 68.7. The Kier molecular flexibility index (Phi) is 34.3. The van der Waals surface area contributed by atoms with E-state index in [1.54, 1.807) is 0 Å². The zero-order valence-electron chi connectivity index (χ0n) is 58.0. The summed E-state index contributed by atoms with van der Waals surface area (Å²) >= 11 is 1.45. The molecule has 60 heteroatoms. The van der Waals surface area contributed by atoms with Crippen LogP contribution in [-0.4, -0.2) is 268 Å². The summed E-state index contributed by atoms with van der Waals surface area (Å²) in [5.41, 5.74) is 8.38. The number of hydrogen-bond acceptors (Lipinski definition) is 38. The van der Waals surface area contributed by atoms with Crippen molar-refractivity contribution in [2.45, 2.75) is 116 Å². The largest absolute Gasteiger partial charge is 0.481 e. The Hall–Kier alpha value is -5.94. The standard InChI is InChI=1S/2C25H40N7O19P3S/c2*1-12(23(37)38)24(39)55-7-6-27-14(33)4-5-28-21(36)18(35)25(2,3)9-48-54(45,46)51-53(43,44)47-8-13-17(50-52(40,41)42)16(34)22(49-13)32-11-31-15-19(26)29-10-30-20(15)32/h2*10-13,16-18,22,34-35H,4-9H2,1-3H3,(H,27,33)(H,28,36)(H,37,38)(H,43,44)(H,45,46)(H2,26,29,30)(H2,40,41,42)/t2*12?,13-,16-,17-,18+,22-/m11/s1. The van der Waals surface area contributed by atoms with Crippen LogP contribution in [0, 0.1) is 22.7 Å². The van der Waals surface area contributed by atoms with Crippen LogP contribution in [0.3, 0.4) is 0 Å². The lowest BCUT2D eigenvalue weighted by molar-refractivity contribution is -0.144. The van der Waals surface area contributed by atoms with Crippen molar-refractivity contribution in [1.82, 2.24) is 60.3 Å². The van der Waals surface area contributed by atoms with E-state index < -0.39 is 203 Å². The second-order valence-corrected chi connectivity index (χ2v) is 35.3. The van der Waals surface area contributed by atoms with E-state index in [0.717, 1.165) is 58.0 Å². The van der Waals surface area contributed by atoms with Crippen LogP contribution in [0.2, 0.25) is 0 Å². The number of nitrogens with one attached hydrogen (secondary N) is 4. The summed E-state index contributed by atoms with van der Waals surface area (Å²) in [7, 11) is -32.9. The number of nitrogen functional groups attached to an aromatic ring is 2. The molecule has 4 aromatic rings. The number of aliphatic hydroxyl groups excluding tert-OH is 4. The monoisotopic (exact) mass is 1730 g/mol. The molecule has 0 radical (unpaired) electrons. The molecule has 2 saturated heterocycles. The number of fused-ring (bicyclic) bond motifs is 2. The minimum atomic E-state index is -5.59. The zero-order chi connectivity index (χ0) is 83.0. The fourth-order valence-corrected chi connectivity index (χ4v) is 16.2. The molecule has 110 heavy (non-hydrogen) atoms. The van der Waals surface area contributed by atoms with Gasteiger partial charge in [-0.15, -0.1) is 0 Å². The van der Waals surface area contributed by atoms with Gasteiger partial charge in [0, 0.05) is 61.4 Å². The van der Waals surface area contributed by atoms with Crippen molar-refractivity contribution in [3.8, 4) is 0 Å². The Labute approximate surface area is 628 Å². The molecule has 6 rings (SSSR count). The van der Waals surface area contributed by atoms with Crippen LogP contribution in [-0.2, 0) is 111 Å². The molecule has 2 aliphatic heterocycles. The van der Waals surface area contributed by atoms with Crippen molar-refractivity contribution in [3.05, 3.63) is 25.3 Å². The smallest absolute Gasteiger partial charge is 0.481 e. The molecule has 0 saturated carbocycles. The van der Waals surface area contributed by atoms with E-state index in [1.807, 2.05) is 0 Å². The van der Waals surface area contributed by atoms with E-state index in [9.17, 15) is 125 Å². The van der Waals surface area contributed by atoms with E-state index in [0.29, 0.717) is 0 Å². The fourth-order valence-electron chi connectivity index (χ4n) is 9.02. The maximum atomic E-state index is 12.6. The average molecular weight is 1740 g/mol. The zero-order valence-corrected chi connectivity index (χ0v) is 65.0. The van der Waals surface area contributed by atoms with Gasteiger partial charge in [-0.3, -0.25) is 74.6 Å². The van der Waals surface area contributed by atoms with Crippen LogP contribution >= 0.6 is 70.5 Å². The summed E-state index contributed by atoms with van der Waals surface area (Å²) in [6.45, 7) is 2.70. The number of phosphoric ester groups is 6. The highest BCUT2D eigenvalue weighted by atomic mass is 32.2. The Morgan fingerprint density at radius 3 is 1.17 bits per heavy atom. The van der Waals surface area contributed by atoms with Crippen LogP contribution in [0.5, 0.6) is 0 Å². The van der Waals surface area contributed by atoms with Crippen molar-refractivity contribution >= 4 is 150 Å². The average Bonchev–Trinajstić information content (AvgIpc) is 1.63. The topological polar surface area (TPSA) is 802 Å². The molecule has 0 bridgehead atoms. The van der Waals surface area contributed by atoms with Gasteiger partial charge < -0.3 is 112 Å². The molecule has 4 aromatic heterocycles. The highest BCUT2D eigenvalue weighted by Gasteiger charge is 2.53. The first-order valence-corrected chi connectivity index (χ1v) is 42.3. The fraction of sp³-hybridized carbons (Fsp3) is 0.640. The molecule has 6 heterocycles. The number of aliphatic carboxylic acids is 2. The number of hydrogen-bond donors (Lipinski definition) is 20. The summed E-state index contributed by atoms with van der Waals surface area (Å²) in [4.78, 5) is 196. The Balaban J connectivity index is 0.000000394. The van der Waals surface area contributed by atoms with Crippen molar-refractivity contribution in [2.24, 2.45) is 22.7 Å². The van der Waals surface area contributed by atoms with Crippen LogP contribution < -0.4 is 32.7 Å². The maximum Gasteiger partial charge on any atom is 0.481 e. The molecular weight excluding hydrogens is 1650 g/mol. The molecule has 22 N–H and O–H groups in total. The minimum absolute atomic E-state index is 0.0183. The van der Waals surface area contributed by atoms with Gasteiger partial charge in [0.2, 0.25) is 33.9 Å². The SMILES string of the molecule is CC(C(=O)O)C(=O)SCCNC(=O)CCNC(=O)[C@H](O)C(C)(C)COP(=O)(O)OP(=O)(O)OC[C@H]1O[C@@H](n2cnc3c(N)ncnc32)[C@H](O)[C@@H]1OP(=O)(O)O.CC(C(=O)O)C(=O)SCCNC(=O)CCNC(=O)[C@H](O)C(C)(C)COP(=O)(O)OP(=O)(O)OC[C@H]1O[C@@H](n2cnc3c(N)ncnc32)[C@H](O)[C@@H]1OP(=O)(O)O. The number of rotatable bonds is 42. The molecule has 6 unspecified atom stereocenters. The summed E-state index contributed by atoms with van der Waals surface area (Å²) in [5.74, 6) is -8.03. The Bertz CT molecular complexity index is 3990. The number of aromatic nitrogens is 8. The number of carboxylic acid groups (broad SMARTS) is 2. The number of carbonyl (C=O) groups excluding carboxylic acids is 6. The van der Waals surface area contributed by atoms with Crippen LogP contribution in [0.15, 0.2) is 25.3 Å².